The molecule has 0 aliphatic carbocycles. The highest BCUT2D eigenvalue weighted by Gasteiger charge is 2.17. The Morgan fingerprint density at radius 3 is 2.68 bits per heavy atom. The summed E-state index contributed by atoms with van der Waals surface area (Å²) >= 11 is 2.98. The summed E-state index contributed by atoms with van der Waals surface area (Å²) in [7, 11) is 0. The number of carbonyl (C=O) groups excluding carboxylic acids is 1. The molecule has 0 aliphatic heterocycles. The van der Waals surface area contributed by atoms with Crippen molar-refractivity contribution in [3.05, 3.63) is 73.3 Å². The van der Waals surface area contributed by atoms with Crippen LogP contribution in [0.15, 0.2) is 46.6 Å². The van der Waals surface area contributed by atoms with E-state index in [4.69, 9.17) is 4.74 Å². The lowest BCUT2D eigenvalue weighted by Gasteiger charge is -2.05. The Balaban J connectivity index is 1.60. The maximum Gasteiger partial charge on any atom is 0.311 e. The van der Waals surface area contributed by atoms with Crippen molar-refractivity contribution in [2.75, 3.05) is 0 Å². The van der Waals surface area contributed by atoms with Crippen LogP contribution in [-0.2, 0) is 22.6 Å². The largest absolute Gasteiger partial charge is 0.457 e. The standard InChI is InChI=1S/C21H18N2O3S2/c1-12-5-7-14(8-6-12)18-13(2)28-21-19(18)20(25)22-16(23-21)11-26-17(24)10-15-4-3-9-27-15/h3-9H,10-11H2,1-2H3,(H,22,23,25). The number of carbonyl (C=O) groups is 1. The molecule has 0 atom stereocenters. The van der Waals surface area contributed by atoms with Gasteiger partial charge >= 0.3 is 5.97 Å². The number of benzene rings is 1. The van der Waals surface area contributed by atoms with Crippen LogP contribution in [0.1, 0.15) is 21.1 Å². The Labute approximate surface area is 169 Å². The van der Waals surface area contributed by atoms with E-state index in [9.17, 15) is 9.59 Å². The first-order valence-corrected chi connectivity index (χ1v) is 10.5. The highest BCUT2D eigenvalue weighted by Crippen LogP contribution is 2.35. The molecule has 0 saturated carbocycles. The van der Waals surface area contributed by atoms with Crippen LogP contribution in [0.5, 0.6) is 0 Å². The van der Waals surface area contributed by atoms with Crippen molar-refractivity contribution >= 4 is 38.9 Å². The molecule has 4 aromatic rings. The fourth-order valence-corrected chi connectivity index (χ4v) is 4.81. The molecule has 0 unspecified atom stereocenters. The summed E-state index contributed by atoms with van der Waals surface area (Å²) in [5, 5.41) is 2.50. The number of esters is 1. The second kappa shape index (κ2) is 7.69. The molecule has 0 aliphatic rings. The lowest BCUT2D eigenvalue weighted by molar-refractivity contribution is -0.144. The van der Waals surface area contributed by atoms with Crippen molar-refractivity contribution in [1.29, 1.82) is 0 Å². The van der Waals surface area contributed by atoms with Crippen LogP contribution in [0.3, 0.4) is 0 Å². The van der Waals surface area contributed by atoms with Gasteiger partial charge in [0, 0.05) is 15.3 Å². The molecular weight excluding hydrogens is 392 g/mol. The number of nitrogens with one attached hydrogen (secondary N) is 1. The van der Waals surface area contributed by atoms with Crippen LogP contribution in [0.4, 0.5) is 0 Å². The second-order valence-corrected chi connectivity index (χ2v) is 8.74. The third-order valence-corrected chi connectivity index (χ3v) is 6.27. The van der Waals surface area contributed by atoms with E-state index >= 15 is 0 Å². The van der Waals surface area contributed by atoms with E-state index in [-0.39, 0.29) is 24.6 Å². The number of hydrogen-bond donors (Lipinski definition) is 1. The molecule has 0 amide bonds. The zero-order valence-electron chi connectivity index (χ0n) is 15.4. The van der Waals surface area contributed by atoms with Crippen LogP contribution >= 0.6 is 22.7 Å². The maximum absolute atomic E-state index is 12.7. The highest BCUT2D eigenvalue weighted by atomic mass is 32.1. The molecule has 4 rings (SSSR count). The first kappa shape index (κ1) is 18.6. The lowest BCUT2D eigenvalue weighted by atomic mass is 10.0. The number of aromatic amines is 1. The zero-order valence-corrected chi connectivity index (χ0v) is 17.1. The monoisotopic (exact) mass is 410 g/mol. The number of fused-ring (bicyclic) bond motifs is 1. The van der Waals surface area contributed by atoms with Gasteiger partial charge in [-0.15, -0.1) is 22.7 Å². The normalized spacial score (nSPS) is 11.1. The summed E-state index contributed by atoms with van der Waals surface area (Å²) in [6.07, 6.45) is 0.222. The molecule has 142 valence electrons. The smallest absolute Gasteiger partial charge is 0.311 e. The molecule has 0 bridgehead atoms. The first-order chi connectivity index (χ1) is 13.5. The fourth-order valence-electron chi connectivity index (χ4n) is 3.05. The number of H-pyrrole nitrogens is 1. The highest BCUT2D eigenvalue weighted by molar-refractivity contribution is 7.19. The summed E-state index contributed by atoms with van der Waals surface area (Å²) in [5.74, 6) is 0.0154. The Morgan fingerprint density at radius 1 is 1.18 bits per heavy atom. The Kier molecular flexibility index (Phi) is 5.11. The van der Waals surface area contributed by atoms with Crippen LogP contribution in [0, 0.1) is 13.8 Å². The minimum atomic E-state index is -0.340. The predicted molar refractivity (Wildman–Crippen MR) is 113 cm³/mol. The summed E-state index contributed by atoms with van der Waals surface area (Å²) in [4.78, 5) is 34.6. The maximum atomic E-state index is 12.7. The molecule has 3 heterocycles. The number of rotatable bonds is 5. The average molecular weight is 411 g/mol. The summed E-state index contributed by atoms with van der Waals surface area (Å²) < 4.78 is 5.28. The van der Waals surface area contributed by atoms with Gasteiger partial charge in [-0.1, -0.05) is 35.9 Å². The van der Waals surface area contributed by atoms with Gasteiger partial charge in [0.15, 0.2) is 0 Å². The van der Waals surface area contributed by atoms with Gasteiger partial charge in [-0.3, -0.25) is 9.59 Å². The Hall–Kier alpha value is -2.77. The quantitative estimate of drug-likeness (QED) is 0.488. The van der Waals surface area contributed by atoms with Gasteiger partial charge in [-0.05, 0) is 30.9 Å². The fraction of sp³-hybridized carbons (Fsp3) is 0.190. The van der Waals surface area contributed by atoms with E-state index < -0.39 is 0 Å². The molecule has 28 heavy (non-hydrogen) atoms. The van der Waals surface area contributed by atoms with E-state index in [0.717, 1.165) is 20.9 Å². The van der Waals surface area contributed by atoms with Gasteiger partial charge in [0.2, 0.25) is 0 Å². The molecule has 0 fully saturated rings. The molecule has 0 radical (unpaired) electrons. The van der Waals surface area contributed by atoms with Crippen molar-refractivity contribution in [1.82, 2.24) is 9.97 Å². The van der Waals surface area contributed by atoms with E-state index in [1.54, 1.807) is 0 Å². The van der Waals surface area contributed by atoms with Gasteiger partial charge in [-0.2, -0.15) is 0 Å². The van der Waals surface area contributed by atoms with E-state index in [2.05, 4.69) is 9.97 Å². The van der Waals surface area contributed by atoms with Gasteiger partial charge in [0.25, 0.3) is 5.56 Å². The second-order valence-electron chi connectivity index (χ2n) is 6.51. The predicted octanol–water partition coefficient (Wildman–Crippen LogP) is 4.62. The summed E-state index contributed by atoms with van der Waals surface area (Å²) in [5.41, 5.74) is 2.86. The molecule has 1 N–H and O–H groups in total. The van der Waals surface area contributed by atoms with Gasteiger partial charge in [-0.25, -0.2) is 4.98 Å². The van der Waals surface area contributed by atoms with Crippen molar-refractivity contribution in [2.45, 2.75) is 26.9 Å². The molecule has 7 heteroatoms. The van der Waals surface area contributed by atoms with Crippen LogP contribution in [0.2, 0.25) is 0 Å². The van der Waals surface area contributed by atoms with E-state index in [0.29, 0.717) is 16.0 Å². The molecule has 1 aromatic carbocycles. The Bertz CT molecular complexity index is 1190. The molecular formula is C21H18N2O3S2. The molecule has 0 spiro atoms. The third-order valence-electron chi connectivity index (χ3n) is 4.40. The van der Waals surface area contributed by atoms with Crippen LogP contribution in [0.25, 0.3) is 21.3 Å². The number of ether oxygens (including phenoxy) is 1. The van der Waals surface area contributed by atoms with E-state index in [1.807, 2.05) is 55.6 Å². The SMILES string of the molecule is Cc1ccc(-c2c(C)sc3nc(COC(=O)Cc4cccs4)[nH]c(=O)c23)cc1. The Morgan fingerprint density at radius 2 is 1.96 bits per heavy atom. The number of hydrogen-bond acceptors (Lipinski definition) is 6. The topological polar surface area (TPSA) is 72.0 Å². The number of thiophene rings is 2. The van der Waals surface area contributed by atoms with Gasteiger partial charge in [0.05, 0.1) is 11.8 Å². The third kappa shape index (κ3) is 3.76. The molecule has 3 aromatic heterocycles. The minimum Gasteiger partial charge on any atom is -0.457 e. The average Bonchev–Trinajstić information content (AvgIpc) is 3.28. The lowest BCUT2D eigenvalue weighted by Crippen LogP contribution is -2.14. The van der Waals surface area contributed by atoms with Crippen molar-refractivity contribution in [3.63, 3.8) is 0 Å². The van der Waals surface area contributed by atoms with Crippen molar-refractivity contribution in [3.8, 4) is 11.1 Å². The molecule has 5 nitrogen and oxygen atoms in total. The minimum absolute atomic E-state index is 0.0494. The van der Waals surface area contributed by atoms with Crippen LogP contribution < -0.4 is 5.56 Å². The zero-order chi connectivity index (χ0) is 19.7. The van der Waals surface area contributed by atoms with Gasteiger partial charge in [0.1, 0.15) is 17.3 Å². The summed E-state index contributed by atoms with van der Waals surface area (Å²) in [6, 6.07) is 11.9. The van der Waals surface area contributed by atoms with Crippen molar-refractivity contribution in [2.24, 2.45) is 0 Å². The first-order valence-electron chi connectivity index (χ1n) is 8.78. The number of nitrogens with zero attached hydrogens (tertiary/aromatic N) is 1. The molecule has 0 saturated heterocycles. The van der Waals surface area contributed by atoms with Crippen LogP contribution in [-0.4, -0.2) is 15.9 Å². The number of aryl methyl sites for hydroxylation is 2. The summed E-state index contributed by atoms with van der Waals surface area (Å²) in [6.45, 7) is 3.97. The van der Waals surface area contributed by atoms with Gasteiger partial charge < -0.3 is 9.72 Å². The van der Waals surface area contributed by atoms with E-state index in [1.165, 1.54) is 28.2 Å². The van der Waals surface area contributed by atoms with Crippen molar-refractivity contribution < 1.29 is 9.53 Å². The number of aromatic nitrogens is 2.